The Bertz CT molecular complexity index is 2010. The number of imidazole rings is 1. The van der Waals surface area contributed by atoms with E-state index >= 15 is 8.78 Å². The molecule has 2 aromatic heterocycles. The van der Waals surface area contributed by atoms with Crippen LogP contribution in [0.3, 0.4) is 0 Å². The van der Waals surface area contributed by atoms with Crippen molar-refractivity contribution in [3.8, 4) is 0 Å². The van der Waals surface area contributed by atoms with Crippen molar-refractivity contribution in [2.24, 2.45) is 13.0 Å². The molecule has 18 heteroatoms. The molecule has 1 saturated carbocycles. The van der Waals surface area contributed by atoms with Crippen LogP contribution in [0.1, 0.15) is 89.9 Å². The molecular weight excluding hydrogens is 738 g/mol. The second-order valence-electron chi connectivity index (χ2n) is 16.7. The largest absolute Gasteiger partial charge is 0.444 e. The number of fused-ring (bicyclic) bond motifs is 1. The number of rotatable bonds is 8. The molecular formula is C38H51F4N9O5. The molecule has 4 fully saturated rings. The summed E-state index contributed by atoms with van der Waals surface area (Å²) in [4.78, 5) is 55.9. The Labute approximate surface area is 322 Å². The molecule has 5 heterocycles. The van der Waals surface area contributed by atoms with Crippen LogP contribution in [0, 0.1) is 5.92 Å². The van der Waals surface area contributed by atoms with Gasteiger partial charge in [0.1, 0.15) is 11.6 Å². The summed E-state index contributed by atoms with van der Waals surface area (Å²) in [6.07, 6.45) is 1.20. The Morgan fingerprint density at radius 3 is 2.38 bits per heavy atom. The second-order valence-corrected chi connectivity index (χ2v) is 16.7. The van der Waals surface area contributed by atoms with Gasteiger partial charge in [-0.1, -0.05) is 6.07 Å². The third-order valence-corrected chi connectivity index (χ3v) is 11.6. The molecule has 56 heavy (non-hydrogen) atoms. The number of carbonyl (C=O) groups is 3. The van der Waals surface area contributed by atoms with Crippen LogP contribution in [0.15, 0.2) is 29.2 Å². The maximum absolute atomic E-state index is 15.9. The van der Waals surface area contributed by atoms with Gasteiger partial charge in [-0.3, -0.25) is 43.8 Å². The number of anilines is 2. The topological polar surface area (TPSA) is 139 Å². The lowest BCUT2D eigenvalue weighted by atomic mass is 9.85. The molecule has 4 aliphatic rings. The number of ether oxygens (including phenoxy) is 1. The van der Waals surface area contributed by atoms with E-state index in [1.807, 2.05) is 21.9 Å². The predicted octanol–water partition coefficient (Wildman–Crippen LogP) is 5.06. The highest BCUT2D eigenvalue weighted by Crippen LogP contribution is 2.38. The number of benzene rings is 1. The first kappa shape index (κ1) is 39.8. The fourth-order valence-electron chi connectivity index (χ4n) is 9.00. The zero-order chi connectivity index (χ0) is 40.1. The van der Waals surface area contributed by atoms with E-state index in [0.29, 0.717) is 69.6 Å². The van der Waals surface area contributed by atoms with Crippen molar-refractivity contribution >= 4 is 40.3 Å². The second kappa shape index (κ2) is 15.5. The zero-order valence-corrected chi connectivity index (χ0v) is 32.3. The normalized spacial score (nSPS) is 25.5. The minimum Gasteiger partial charge on any atom is -0.444 e. The molecule has 3 aliphatic heterocycles. The number of aromatic nitrogens is 4. The lowest BCUT2D eigenvalue weighted by Gasteiger charge is -2.47. The molecule has 3 aromatic rings. The standard InChI is InChI=1S/C38H51F4N9O5/c1-37(2,3)56-35(54)43-25-21-50(45-31(25)33(39)40)24-10-8-23(9-11-24)20-47-15-14-29(38(41,42)22-47)49-18-16-48(17-19-49)26-6-5-7-27-32(26)46(4)36(55)51(27)28-12-13-30(52)44-34(28)53/h5-7,21,23-24,28-29,33H,8-20,22H2,1-4H3,(H,43,54)(H,44,52,53). The van der Waals surface area contributed by atoms with Gasteiger partial charge in [-0.15, -0.1) is 0 Å². The number of piperazine rings is 1. The van der Waals surface area contributed by atoms with Gasteiger partial charge in [0.05, 0.1) is 41.0 Å². The first-order valence-corrected chi connectivity index (χ1v) is 19.5. The smallest absolute Gasteiger partial charge is 0.412 e. The Kier molecular flexibility index (Phi) is 11.0. The lowest BCUT2D eigenvalue weighted by molar-refractivity contribution is -0.135. The Hall–Kier alpha value is -4.45. The first-order chi connectivity index (χ1) is 26.5. The summed E-state index contributed by atoms with van der Waals surface area (Å²) in [7, 11) is 1.65. The highest BCUT2D eigenvalue weighted by Gasteiger charge is 2.48. The number of halogens is 4. The van der Waals surface area contributed by atoms with Crippen LogP contribution in [-0.2, 0) is 21.4 Å². The van der Waals surface area contributed by atoms with Crippen LogP contribution in [0.4, 0.5) is 33.7 Å². The summed E-state index contributed by atoms with van der Waals surface area (Å²) in [5, 5.41) is 8.83. The molecule has 1 aromatic carbocycles. The summed E-state index contributed by atoms with van der Waals surface area (Å²) in [6, 6.07) is 3.68. The van der Waals surface area contributed by atoms with Crippen LogP contribution in [0.25, 0.3) is 11.0 Å². The van der Waals surface area contributed by atoms with Crippen molar-refractivity contribution in [1.82, 2.24) is 34.0 Å². The highest BCUT2D eigenvalue weighted by molar-refractivity contribution is 6.00. The number of nitrogens with one attached hydrogen (secondary N) is 2. The maximum atomic E-state index is 15.9. The van der Waals surface area contributed by atoms with Crippen LogP contribution in [0.5, 0.6) is 0 Å². The molecule has 1 aliphatic carbocycles. The molecule has 2 unspecified atom stereocenters. The summed E-state index contributed by atoms with van der Waals surface area (Å²) in [6.45, 7) is 7.63. The molecule has 2 atom stereocenters. The molecule has 7 rings (SSSR count). The van der Waals surface area contributed by atoms with Crippen molar-refractivity contribution in [3.63, 3.8) is 0 Å². The molecule has 0 spiro atoms. The third-order valence-electron chi connectivity index (χ3n) is 11.6. The number of nitrogens with zero attached hydrogens (tertiary/aromatic N) is 7. The van der Waals surface area contributed by atoms with Crippen molar-refractivity contribution in [3.05, 3.63) is 40.6 Å². The molecule has 3 amide bonds. The van der Waals surface area contributed by atoms with E-state index in [9.17, 15) is 28.0 Å². The molecule has 14 nitrogen and oxygen atoms in total. The van der Waals surface area contributed by atoms with Crippen molar-refractivity contribution in [2.75, 3.05) is 56.0 Å². The fourth-order valence-corrected chi connectivity index (χ4v) is 9.00. The average molecular weight is 790 g/mol. The monoisotopic (exact) mass is 789 g/mol. The van der Waals surface area contributed by atoms with E-state index in [1.165, 1.54) is 20.0 Å². The summed E-state index contributed by atoms with van der Waals surface area (Å²) in [5.41, 5.74) is 0.282. The summed E-state index contributed by atoms with van der Waals surface area (Å²) in [5.74, 6) is -3.59. The highest BCUT2D eigenvalue weighted by atomic mass is 19.3. The van der Waals surface area contributed by atoms with Gasteiger partial charge in [-0.25, -0.2) is 27.2 Å². The quantitative estimate of drug-likeness (QED) is 0.237. The van der Waals surface area contributed by atoms with E-state index in [2.05, 4.69) is 20.6 Å². The summed E-state index contributed by atoms with van der Waals surface area (Å²) < 4.78 is 69.0. The fraction of sp³-hybridized carbons (Fsp3) is 0.658. The van der Waals surface area contributed by atoms with Gasteiger partial charge in [0.2, 0.25) is 11.8 Å². The van der Waals surface area contributed by atoms with Gasteiger partial charge in [-0.05, 0) is 77.3 Å². The first-order valence-electron chi connectivity index (χ1n) is 19.5. The van der Waals surface area contributed by atoms with Gasteiger partial charge >= 0.3 is 11.8 Å². The van der Waals surface area contributed by atoms with Gasteiger partial charge < -0.3 is 9.64 Å². The third kappa shape index (κ3) is 8.17. The number of alkyl halides is 4. The maximum Gasteiger partial charge on any atom is 0.412 e. The molecule has 0 bridgehead atoms. The van der Waals surface area contributed by atoms with Crippen LogP contribution in [-0.4, -0.2) is 110 Å². The number of piperidine rings is 2. The van der Waals surface area contributed by atoms with Crippen molar-refractivity contribution < 1.29 is 36.7 Å². The van der Waals surface area contributed by atoms with Gasteiger partial charge in [-0.2, -0.15) is 5.10 Å². The minimum absolute atomic E-state index is 0.0890. The van der Waals surface area contributed by atoms with Crippen LogP contribution < -0.4 is 21.2 Å². The van der Waals surface area contributed by atoms with E-state index in [1.54, 1.807) is 33.9 Å². The van der Waals surface area contributed by atoms with Crippen LogP contribution in [0.2, 0.25) is 0 Å². The molecule has 306 valence electrons. The number of amides is 3. The molecule has 3 saturated heterocycles. The Morgan fingerprint density at radius 2 is 1.73 bits per heavy atom. The van der Waals surface area contributed by atoms with E-state index in [-0.39, 0.29) is 48.6 Å². The number of hydrogen-bond donors (Lipinski definition) is 2. The number of hydrogen-bond acceptors (Lipinski definition) is 9. The zero-order valence-electron chi connectivity index (χ0n) is 32.3. The average Bonchev–Trinajstić information content (AvgIpc) is 3.66. The van der Waals surface area contributed by atoms with E-state index in [4.69, 9.17) is 4.74 Å². The van der Waals surface area contributed by atoms with Crippen molar-refractivity contribution in [1.29, 1.82) is 0 Å². The Balaban J connectivity index is 0.923. The van der Waals surface area contributed by atoms with Crippen molar-refractivity contribution in [2.45, 2.75) is 102 Å². The van der Waals surface area contributed by atoms with E-state index < -0.39 is 47.7 Å². The van der Waals surface area contributed by atoms with Crippen LogP contribution >= 0.6 is 0 Å². The Morgan fingerprint density at radius 1 is 1.02 bits per heavy atom. The number of likely N-dealkylation sites (tertiary alicyclic amines) is 1. The SMILES string of the molecule is Cn1c(=O)n(C2CCC(=O)NC2=O)c2cccc(N3CCN(C4CCN(CC5CCC(n6cc(NC(=O)OC(C)(C)C)c(C(F)F)n6)CC5)CC4(F)F)CC3)c21. The number of carbonyl (C=O) groups excluding carboxylic acids is 3. The predicted molar refractivity (Wildman–Crippen MR) is 200 cm³/mol. The summed E-state index contributed by atoms with van der Waals surface area (Å²) >= 11 is 0. The lowest BCUT2D eigenvalue weighted by Crippen LogP contribution is -2.62. The van der Waals surface area contributed by atoms with Gasteiger partial charge in [0.15, 0.2) is 5.69 Å². The number of aryl methyl sites for hydroxylation is 1. The van der Waals surface area contributed by atoms with Gasteiger partial charge in [0, 0.05) is 58.9 Å². The van der Waals surface area contributed by atoms with Gasteiger partial charge in [0.25, 0.3) is 12.3 Å². The molecule has 2 N–H and O–H groups in total. The van der Waals surface area contributed by atoms with E-state index in [0.717, 1.165) is 18.5 Å². The number of para-hydroxylation sites is 1. The number of imide groups is 1. The minimum atomic E-state index is -2.92. The molecule has 0 radical (unpaired) electrons.